The maximum atomic E-state index is 5.72. The molecule has 2 aliphatic rings. The number of hydrogen-bond donors (Lipinski definition) is 1. The Bertz CT molecular complexity index is 166. The summed E-state index contributed by atoms with van der Waals surface area (Å²) in [7, 11) is 0. The normalized spacial score (nSPS) is 46.6. The Balaban J connectivity index is 2.02. The summed E-state index contributed by atoms with van der Waals surface area (Å²) in [5, 5.41) is 3.59. The molecular weight excluding hydrogens is 166 g/mol. The van der Waals surface area contributed by atoms with Crippen molar-refractivity contribution in [3.8, 4) is 0 Å². The molecule has 2 heterocycles. The van der Waals surface area contributed by atoms with E-state index in [0.29, 0.717) is 12.2 Å². The first-order valence-corrected chi connectivity index (χ1v) is 5.18. The van der Waals surface area contributed by atoms with Gasteiger partial charge >= 0.3 is 0 Å². The third kappa shape index (κ3) is 2.03. The van der Waals surface area contributed by atoms with Crippen LogP contribution in [0.1, 0.15) is 26.7 Å². The van der Waals surface area contributed by atoms with Gasteiger partial charge in [0.25, 0.3) is 0 Å². The van der Waals surface area contributed by atoms with Crippen LogP contribution in [-0.2, 0) is 9.47 Å². The molecule has 2 saturated heterocycles. The zero-order valence-corrected chi connectivity index (χ0v) is 8.51. The molecule has 2 rings (SSSR count). The smallest absolute Gasteiger partial charge is 0.0650 e. The summed E-state index contributed by atoms with van der Waals surface area (Å²) in [6.07, 6.45) is 2.88. The third-order valence-corrected chi connectivity index (χ3v) is 2.95. The lowest BCUT2D eigenvalue weighted by Gasteiger charge is -2.45. The van der Waals surface area contributed by atoms with Crippen LogP contribution >= 0.6 is 0 Å². The van der Waals surface area contributed by atoms with E-state index in [4.69, 9.17) is 9.47 Å². The number of rotatable bonds is 0. The molecule has 1 N–H and O–H groups in total. The lowest BCUT2D eigenvalue weighted by Crippen LogP contribution is -2.59. The van der Waals surface area contributed by atoms with Crippen molar-refractivity contribution < 1.29 is 9.47 Å². The van der Waals surface area contributed by atoms with E-state index in [9.17, 15) is 0 Å². The Morgan fingerprint density at radius 2 is 1.92 bits per heavy atom. The van der Waals surface area contributed by atoms with Gasteiger partial charge in [-0.15, -0.1) is 0 Å². The van der Waals surface area contributed by atoms with Crippen molar-refractivity contribution in [3.05, 3.63) is 0 Å². The topological polar surface area (TPSA) is 30.5 Å². The van der Waals surface area contributed by atoms with Gasteiger partial charge in [-0.2, -0.15) is 0 Å². The Labute approximate surface area is 79.8 Å². The van der Waals surface area contributed by atoms with E-state index in [2.05, 4.69) is 19.2 Å². The predicted molar refractivity (Wildman–Crippen MR) is 50.8 cm³/mol. The number of ether oxygens (including phenoxy) is 2. The van der Waals surface area contributed by atoms with Crippen molar-refractivity contribution in [1.29, 1.82) is 0 Å². The molecule has 2 unspecified atom stereocenters. The maximum absolute atomic E-state index is 5.72. The zero-order chi connectivity index (χ0) is 9.31. The molecule has 3 nitrogen and oxygen atoms in total. The Morgan fingerprint density at radius 3 is 2.46 bits per heavy atom. The van der Waals surface area contributed by atoms with Gasteiger partial charge in [0.1, 0.15) is 0 Å². The Morgan fingerprint density at radius 1 is 1.23 bits per heavy atom. The highest BCUT2D eigenvalue weighted by Crippen LogP contribution is 2.30. The summed E-state index contributed by atoms with van der Waals surface area (Å²) < 4.78 is 11.3. The van der Waals surface area contributed by atoms with Crippen LogP contribution in [0.4, 0.5) is 0 Å². The largest absolute Gasteiger partial charge is 0.378 e. The zero-order valence-electron chi connectivity index (χ0n) is 8.51. The van der Waals surface area contributed by atoms with Crippen LogP contribution in [0.25, 0.3) is 0 Å². The molecule has 0 amide bonds. The second-order valence-corrected chi connectivity index (χ2v) is 4.43. The highest BCUT2D eigenvalue weighted by atomic mass is 16.5. The second-order valence-electron chi connectivity index (χ2n) is 4.43. The molecule has 0 bridgehead atoms. The molecule has 0 aromatic heterocycles. The average Bonchev–Trinajstić information content (AvgIpc) is 2.02. The third-order valence-electron chi connectivity index (χ3n) is 2.95. The summed E-state index contributed by atoms with van der Waals surface area (Å²) in [4.78, 5) is 0. The first-order valence-electron chi connectivity index (χ1n) is 5.18. The fourth-order valence-corrected chi connectivity index (χ4v) is 2.65. The first-order chi connectivity index (χ1) is 6.20. The number of morpholine rings is 1. The van der Waals surface area contributed by atoms with E-state index < -0.39 is 0 Å². The van der Waals surface area contributed by atoms with Crippen molar-refractivity contribution in [1.82, 2.24) is 5.32 Å². The second kappa shape index (κ2) is 3.56. The highest BCUT2D eigenvalue weighted by Gasteiger charge is 2.39. The highest BCUT2D eigenvalue weighted by molar-refractivity contribution is 4.96. The molecule has 0 aromatic rings. The molecule has 0 radical (unpaired) electrons. The van der Waals surface area contributed by atoms with E-state index in [-0.39, 0.29) is 5.54 Å². The van der Waals surface area contributed by atoms with Crippen molar-refractivity contribution in [2.45, 2.75) is 44.4 Å². The van der Waals surface area contributed by atoms with Crippen molar-refractivity contribution in [2.75, 3.05) is 19.8 Å². The van der Waals surface area contributed by atoms with Crippen LogP contribution in [0.2, 0.25) is 0 Å². The summed E-state index contributed by atoms with van der Waals surface area (Å²) in [5.41, 5.74) is 0.204. The number of hydrogen-bond acceptors (Lipinski definition) is 3. The molecule has 0 saturated carbocycles. The van der Waals surface area contributed by atoms with Crippen LogP contribution in [0.15, 0.2) is 0 Å². The molecule has 76 valence electrons. The van der Waals surface area contributed by atoms with E-state index in [1.165, 1.54) is 0 Å². The standard InChI is InChI=1S/C10H19NO2/c1-8-5-10(6-9(2)13-8)7-12-4-3-11-10/h8-9,11H,3-7H2,1-2H3. The van der Waals surface area contributed by atoms with Gasteiger partial charge in [0.05, 0.1) is 25.4 Å². The fraction of sp³-hybridized carbons (Fsp3) is 1.00. The van der Waals surface area contributed by atoms with Crippen LogP contribution in [0.5, 0.6) is 0 Å². The SMILES string of the molecule is CC1CC2(COCCN2)CC(C)O1. The van der Waals surface area contributed by atoms with E-state index in [1.54, 1.807) is 0 Å². The van der Waals surface area contributed by atoms with Crippen LogP contribution < -0.4 is 5.32 Å². The van der Waals surface area contributed by atoms with Gasteiger partial charge in [-0.25, -0.2) is 0 Å². The van der Waals surface area contributed by atoms with Gasteiger partial charge < -0.3 is 14.8 Å². The van der Waals surface area contributed by atoms with E-state index in [1.807, 2.05) is 0 Å². The summed E-state index contributed by atoms with van der Waals surface area (Å²) in [6, 6.07) is 0. The van der Waals surface area contributed by atoms with Crippen LogP contribution in [-0.4, -0.2) is 37.5 Å². The molecule has 2 aliphatic heterocycles. The molecule has 2 fully saturated rings. The van der Waals surface area contributed by atoms with Gasteiger partial charge in [0.15, 0.2) is 0 Å². The molecule has 0 aliphatic carbocycles. The minimum atomic E-state index is 0.204. The summed E-state index contributed by atoms with van der Waals surface area (Å²) in [5.74, 6) is 0. The predicted octanol–water partition coefficient (Wildman–Crippen LogP) is 0.932. The Kier molecular flexibility index (Phi) is 2.58. The average molecular weight is 185 g/mol. The minimum absolute atomic E-state index is 0.204. The number of nitrogens with one attached hydrogen (secondary N) is 1. The molecule has 13 heavy (non-hydrogen) atoms. The monoisotopic (exact) mass is 185 g/mol. The minimum Gasteiger partial charge on any atom is -0.378 e. The van der Waals surface area contributed by atoms with Gasteiger partial charge in [0, 0.05) is 12.1 Å². The van der Waals surface area contributed by atoms with Gasteiger partial charge in [-0.05, 0) is 26.7 Å². The lowest BCUT2D eigenvalue weighted by atomic mass is 9.84. The van der Waals surface area contributed by atoms with E-state index >= 15 is 0 Å². The first kappa shape index (κ1) is 9.44. The molecule has 2 atom stereocenters. The van der Waals surface area contributed by atoms with Gasteiger partial charge in [-0.3, -0.25) is 0 Å². The summed E-state index contributed by atoms with van der Waals surface area (Å²) in [6.45, 7) is 6.98. The van der Waals surface area contributed by atoms with Crippen molar-refractivity contribution in [2.24, 2.45) is 0 Å². The Hall–Kier alpha value is -0.120. The fourth-order valence-electron chi connectivity index (χ4n) is 2.65. The molecule has 1 spiro atoms. The van der Waals surface area contributed by atoms with Gasteiger partial charge in [0.2, 0.25) is 0 Å². The molecule has 0 aromatic carbocycles. The maximum Gasteiger partial charge on any atom is 0.0650 e. The van der Waals surface area contributed by atoms with Crippen molar-refractivity contribution in [3.63, 3.8) is 0 Å². The lowest BCUT2D eigenvalue weighted by molar-refractivity contribution is -0.102. The van der Waals surface area contributed by atoms with Crippen molar-refractivity contribution >= 4 is 0 Å². The molecule has 3 heteroatoms. The quantitative estimate of drug-likeness (QED) is 0.609. The molecular formula is C10H19NO2. The summed E-state index contributed by atoms with van der Waals surface area (Å²) >= 11 is 0. The van der Waals surface area contributed by atoms with Gasteiger partial charge in [-0.1, -0.05) is 0 Å². The van der Waals surface area contributed by atoms with E-state index in [0.717, 1.165) is 32.6 Å². The van der Waals surface area contributed by atoms with Crippen LogP contribution in [0, 0.1) is 0 Å². The van der Waals surface area contributed by atoms with Crippen LogP contribution in [0.3, 0.4) is 0 Å².